The summed E-state index contributed by atoms with van der Waals surface area (Å²) in [5, 5.41) is 3.40. The molecule has 0 aliphatic heterocycles. The van der Waals surface area contributed by atoms with Gasteiger partial charge in [0.2, 0.25) is 5.91 Å². The molecule has 0 fully saturated rings. The number of Topliss-reactive ketones (excluding diaryl/α,β-unsaturated/α-hetero) is 1. The van der Waals surface area contributed by atoms with Crippen molar-refractivity contribution in [3.63, 3.8) is 0 Å². The molecule has 1 amide bonds. The average Bonchev–Trinajstić information content (AvgIpc) is 3.06. The number of hydrogen-bond acceptors (Lipinski definition) is 6. The molecular weight excluding hydrogens is 326 g/mol. The Hall–Kier alpha value is -2.15. The van der Waals surface area contributed by atoms with E-state index in [9.17, 15) is 9.59 Å². The van der Waals surface area contributed by atoms with Gasteiger partial charge in [-0.2, -0.15) is 0 Å². The number of furan rings is 1. The van der Waals surface area contributed by atoms with Crippen molar-refractivity contribution in [1.82, 2.24) is 15.3 Å². The van der Waals surface area contributed by atoms with Crippen LogP contribution in [0.4, 0.5) is 0 Å². The van der Waals surface area contributed by atoms with Gasteiger partial charge in [-0.15, -0.1) is 0 Å². The molecule has 1 atom stereocenters. The molecule has 1 N–H and O–H groups in total. The van der Waals surface area contributed by atoms with Crippen LogP contribution in [0.5, 0.6) is 0 Å². The number of rotatable bonds is 7. The summed E-state index contributed by atoms with van der Waals surface area (Å²) >= 11 is 1.24. The molecule has 2 aromatic heterocycles. The van der Waals surface area contributed by atoms with Crippen LogP contribution in [-0.2, 0) is 4.79 Å². The zero-order chi connectivity index (χ0) is 17.7. The molecule has 7 heteroatoms. The Morgan fingerprint density at radius 2 is 2.12 bits per heavy atom. The second-order valence-electron chi connectivity index (χ2n) is 5.51. The van der Waals surface area contributed by atoms with Gasteiger partial charge in [0.15, 0.2) is 17.4 Å². The third kappa shape index (κ3) is 4.44. The van der Waals surface area contributed by atoms with Gasteiger partial charge in [-0.25, -0.2) is 9.97 Å². The van der Waals surface area contributed by atoms with Crippen LogP contribution in [0.15, 0.2) is 27.8 Å². The number of ketones is 1. The maximum atomic E-state index is 12.0. The fourth-order valence-electron chi connectivity index (χ4n) is 2.12. The van der Waals surface area contributed by atoms with Crippen molar-refractivity contribution < 1.29 is 14.0 Å². The molecular formula is C17H21N3O3S. The summed E-state index contributed by atoms with van der Waals surface area (Å²) in [6, 6.07) is 3.63. The lowest BCUT2D eigenvalue weighted by atomic mass is 10.2. The van der Waals surface area contributed by atoms with Crippen LogP contribution in [-0.4, -0.2) is 33.5 Å². The average molecular weight is 347 g/mol. The Kier molecular flexibility index (Phi) is 6.14. The minimum absolute atomic E-state index is 0.0836. The zero-order valence-corrected chi connectivity index (χ0v) is 15.1. The van der Waals surface area contributed by atoms with E-state index in [1.807, 2.05) is 13.8 Å². The molecule has 0 spiro atoms. The number of nitrogens with zero attached hydrogens (tertiary/aromatic N) is 2. The van der Waals surface area contributed by atoms with Gasteiger partial charge in [-0.1, -0.05) is 18.7 Å². The van der Waals surface area contributed by atoms with E-state index in [2.05, 4.69) is 15.3 Å². The van der Waals surface area contributed by atoms with Crippen molar-refractivity contribution in [1.29, 1.82) is 0 Å². The first-order valence-electron chi connectivity index (χ1n) is 7.78. The SMILES string of the molecule is CC[C@H](C)NC(=O)CSc1nc(-c2ccco2)nc(C)c1C(C)=O. The van der Waals surface area contributed by atoms with Gasteiger partial charge in [0, 0.05) is 6.04 Å². The summed E-state index contributed by atoms with van der Waals surface area (Å²) < 4.78 is 5.32. The number of aryl methyl sites for hydroxylation is 1. The second kappa shape index (κ2) is 8.10. The summed E-state index contributed by atoms with van der Waals surface area (Å²) in [7, 11) is 0. The smallest absolute Gasteiger partial charge is 0.230 e. The largest absolute Gasteiger partial charge is 0.461 e. The number of carbonyl (C=O) groups excluding carboxylic acids is 2. The van der Waals surface area contributed by atoms with Crippen molar-refractivity contribution in [3.05, 3.63) is 29.7 Å². The van der Waals surface area contributed by atoms with Crippen molar-refractivity contribution in [2.45, 2.75) is 45.2 Å². The molecule has 0 saturated heterocycles. The van der Waals surface area contributed by atoms with E-state index in [0.29, 0.717) is 27.9 Å². The molecule has 6 nitrogen and oxygen atoms in total. The quantitative estimate of drug-likeness (QED) is 0.470. The summed E-state index contributed by atoms with van der Waals surface area (Å²) in [6.45, 7) is 7.19. The van der Waals surface area contributed by atoms with Gasteiger partial charge in [-0.3, -0.25) is 9.59 Å². The lowest BCUT2D eigenvalue weighted by molar-refractivity contribution is -0.119. The summed E-state index contributed by atoms with van der Waals surface area (Å²) in [6.07, 6.45) is 2.41. The molecule has 2 heterocycles. The van der Waals surface area contributed by atoms with E-state index in [1.54, 1.807) is 25.3 Å². The summed E-state index contributed by atoms with van der Waals surface area (Å²) in [5.74, 6) is 0.924. The highest BCUT2D eigenvalue weighted by Gasteiger charge is 2.19. The van der Waals surface area contributed by atoms with Crippen molar-refractivity contribution in [3.8, 4) is 11.6 Å². The van der Waals surface area contributed by atoms with Gasteiger partial charge < -0.3 is 9.73 Å². The van der Waals surface area contributed by atoms with Crippen LogP contribution < -0.4 is 5.32 Å². The first-order chi connectivity index (χ1) is 11.4. The number of carbonyl (C=O) groups is 2. The number of nitrogens with one attached hydrogen (secondary N) is 1. The molecule has 128 valence electrons. The fourth-order valence-corrected chi connectivity index (χ4v) is 3.06. The highest BCUT2D eigenvalue weighted by atomic mass is 32.2. The molecule has 2 aromatic rings. The zero-order valence-electron chi connectivity index (χ0n) is 14.3. The topological polar surface area (TPSA) is 85.1 Å². The number of aromatic nitrogens is 2. The Bertz CT molecular complexity index is 729. The third-order valence-corrected chi connectivity index (χ3v) is 4.49. The summed E-state index contributed by atoms with van der Waals surface area (Å²) in [5.41, 5.74) is 1.03. The first-order valence-corrected chi connectivity index (χ1v) is 8.76. The van der Waals surface area contributed by atoms with Crippen LogP contribution in [0.1, 0.15) is 43.2 Å². The Morgan fingerprint density at radius 1 is 1.38 bits per heavy atom. The normalized spacial score (nSPS) is 12.0. The second-order valence-corrected chi connectivity index (χ2v) is 6.48. The number of amides is 1. The van der Waals surface area contributed by atoms with Crippen molar-refractivity contribution in [2.75, 3.05) is 5.75 Å². The van der Waals surface area contributed by atoms with E-state index >= 15 is 0 Å². The molecule has 0 bridgehead atoms. The van der Waals surface area contributed by atoms with Gasteiger partial charge in [0.05, 0.1) is 23.3 Å². The van der Waals surface area contributed by atoms with Crippen LogP contribution >= 0.6 is 11.8 Å². The molecule has 24 heavy (non-hydrogen) atoms. The standard InChI is InChI=1S/C17H21N3O3S/c1-5-10(2)18-14(22)9-24-17-15(12(4)21)11(3)19-16(20-17)13-7-6-8-23-13/h6-8,10H,5,9H2,1-4H3,(H,18,22)/t10-/m0/s1. The van der Waals surface area contributed by atoms with Crippen LogP contribution in [0.2, 0.25) is 0 Å². The van der Waals surface area contributed by atoms with E-state index in [0.717, 1.165) is 6.42 Å². The lowest BCUT2D eigenvalue weighted by Gasteiger charge is -2.12. The highest BCUT2D eigenvalue weighted by Crippen LogP contribution is 2.26. The van der Waals surface area contributed by atoms with E-state index in [-0.39, 0.29) is 23.5 Å². The molecule has 0 radical (unpaired) electrons. The minimum Gasteiger partial charge on any atom is -0.461 e. The van der Waals surface area contributed by atoms with Gasteiger partial charge >= 0.3 is 0 Å². The van der Waals surface area contributed by atoms with Crippen molar-refractivity contribution >= 4 is 23.5 Å². The molecule has 0 aliphatic carbocycles. The first kappa shape index (κ1) is 18.2. The maximum Gasteiger partial charge on any atom is 0.230 e. The van der Waals surface area contributed by atoms with Gasteiger partial charge in [-0.05, 0) is 39.3 Å². The Balaban J connectivity index is 2.26. The molecule has 0 aliphatic rings. The fraction of sp³-hybridized carbons (Fsp3) is 0.412. The number of thioether (sulfide) groups is 1. The predicted molar refractivity (Wildman–Crippen MR) is 93.1 cm³/mol. The maximum absolute atomic E-state index is 12.0. The van der Waals surface area contributed by atoms with Crippen LogP contribution in [0, 0.1) is 6.92 Å². The van der Waals surface area contributed by atoms with E-state index in [4.69, 9.17) is 4.42 Å². The number of hydrogen-bond donors (Lipinski definition) is 1. The van der Waals surface area contributed by atoms with E-state index < -0.39 is 0 Å². The van der Waals surface area contributed by atoms with Crippen LogP contribution in [0.25, 0.3) is 11.6 Å². The Morgan fingerprint density at radius 3 is 2.71 bits per heavy atom. The van der Waals surface area contributed by atoms with Gasteiger partial charge in [0.1, 0.15) is 5.03 Å². The van der Waals surface area contributed by atoms with E-state index in [1.165, 1.54) is 18.7 Å². The minimum atomic E-state index is -0.122. The Labute approximate surface area is 145 Å². The van der Waals surface area contributed by atoms with Gasteiger partial charge in [0.25, 0.3) is 0 Å². The van der Waals surface area contributed by atoms with Crippen molar-refractivity contribution in [2.24, 2.45) is 0 Å². The predicted octanol–water partition coefficient (Wildman–Crippen LogP) is 3.25. The van der Waals surface area contributed by atoms with Crippen LogP contribution in [0.3, 0.4) is 0 Å². The molecule has 0 unspecified atom stereocenters. The summed E-state index contributed by atoms with van der Waals surface area (Å²) in [4.78, 5) is 32.7. The lowest BCUT2D eigenvalue weighted by Crippen LogP contribution is -2.33. The highest BCUT2D eigenvalue weighted by molar-refractivity contribution is 8.00. The third-order valence-electron chi connectivity index (χ3n) is 3.51. The molecule has 0 aromatic carbocycles. The monoisotopic (exact) mass is 347 g/mol. The molecule has 2 rings (SSSR count). The molecule has 0 saturated carbocycles.